The molecule has 1 atom stereocenters. The maximum Gasteiger partial charge on any atom is 0.289 e. The normalized spacial score (nSPS) is 17.3. The van der Waals surface area contributed by atoms with Crippen LogP contribution in [0.15, 0.2) is 40.8 Å². The number of hydrogen-bond acceptors (Lipinski definition) is 2. The molecule has 3 rings (SSSR count). The Hall–Kier alpha value is -1.74. The van der Waals surface area contributed by atoms with Crippen LogP contribution in [0.3, 0.4) is 0 Å². The van der Waals surface area contributed by atoms with Gasteiger partial charge >= 0.3 is 0 Å². The van der Waals surface area contributed by atoms with Gasteiger partial charge in [0, 0.05) is 7.05 Å². The molecule has 1 aliphatic rings. The summed E-state index contributed by atoms with van der Waals surface area (Å²) < 4.78 is 5.19. The Morgan fingerprint density at radius 3 is 2.84 bits per heavy atom. The predicted octanol–water partition coefficient (Wildman–Crippen LogP) is 3.69. The van der Waals surface area contributed by atoms with Gasteiger partial charge < -0.3 is 9.32 Å². The van der Waals surface area contributed by atoms with Crippen molar-refractivity contribution < 1.29 is 9.21 Å². The first-order chi connectivity index (χ1) is 9.16. The zero-order valence-corrected chi connectivity index (χ0v) is 11.4. The van der Waals surface area contributed by atoms with Gasteiger partial charge in [-0.05, 0) is 47.7 Å². The van der Waals surface area contributed by atoms with E-state index in [9.17, 15) is 4.79 Å². The van der Waals surface area contributed by atoms with Gasteiger partial charge in [0.15, 0.2) is 11.0 Å². The minimum Gasteiger partial charge on any atom is -0.440 e. The Bertz CT molecular complexity index is 620. The number of furan rings is 1. The smallest absolute Gasteiger partial charge is 0.289 e. The number of carbonyl (C=O) groups excluding carboxylic acids is 1. The molecule has 0 fully saturated rings. The molecule has 0 bridgehead atoms. The van der Waals surface area contributed by atoms with Gasteiger partial charge in [0.1, 0.15) is 0 Å². The molecule has 19 heavy (non-hydrogen) atoms. The number of fused-ring (bicyclic) bond motifs is 1. The van der Waals surface area contributed by atoms with E-state index in [0.29, 0.717) is 0 Å². The monoisotopic (exact) mass is 275 g/mol. The fourth-order valence-electron chi connectivity index (χ4n) is 2.68. The Kier molecular flexibility index (Phi) is 3.07. The lowest BCUT2D eigenvalue weighted by Crippen LogP contribution is -2.29. The first-order valence-corrected chi connectivity index (χ1v) is 6.65. The van der Waals surface area contributed by atoms with Crippen molar-refractivity contribution in [2.45, 2.75) is 18.9 Å². The third kappa shape index (κ3) is 2.15. The topological polar surface area (TPSA) is 33.5 Å². The van der Waals surface area contributed by atoms with Gasteiger partial charge in [-0.3, -0.25) is 4.79 Å². The van der Waals surface area contributed by atoms with E-state index in [2.05, 4.69) is 12.1 Å². The van der Waals surface area contributed by atoms with Crippen molar-refractivity contribution in [3.8, 4) is 0 Å². The zero-order chi connectivity index (χ0) is 13.4. The molecule has 1 aromatic carbocycles. The maximum absolute atomic E-state index is 12.3. The van der Waals surface area contributed by atoms with Crippen LogP contribution < -0.4 is 0 Å². The Balaban J connectivity index is 1.86. The number of amides is 1. The second kappa shape index (κ2) is 4.74. The van der Waals surface area contributed by atoms with Crippen LogP contribution >= 0.6 is 11.6 Å². The molecule has 1 aliphatic carbocycles. The molecule has 3 nitrogen and oxygen atoms in total. The Morgan fingerprint density at radius 1 is 1.32 bits per heavy atom. The summed E-state index contributed by atoms with van der Waals surface area (Å²) in [5, 5.41) is 0.239. The van der Waals surface area contributed by atoms with Crippen molar-refractivity contribution in [1.29, 1.82) is 0 Å². The van der Waals surface area contributed by atoms with Crippen molar-refractivity contribution in [2.24, 2.45) is 0 Å². The molecule has 2 aromatic rings. The van der Waals surface area contributed by atoms with Crippen LogP contribution in [0.1, 0.15) is 34.1 Å². The van der Waals surface area contributed by atoms with E-state index in [1.807, 2.05) is 19.2 Å². The molecule has 1 unspecified atom stereocenters. The fourth-order valence-corrected chi connectivity index (χ4v) is 2.83. The highest BCUT2D eigenvalue weighted by molar-refractivity contribution is 6.29. The van der Waals surface area contributed by atoms with Crippen molar-refractivity contribution in [2.75, 3.05) is 7.05 Å². The molecule has 0 saturated heterocycles. The minimum absolute atomic E-state index is 0.118. The van der Waals surface area contributed by atoms with Crippen LogP contribution in [-0.2, 0) is 6.42 Å². The second-order valence-electron chi connectivity index (χ2n) is 4.77. The number of halogens is 1. The number of nitrogens with zero attached hydrogens (tertiary/aromatic N) is 1. The van der Waals surface area contributed by atoms with E-state index < -0.39 is 0 Å². The number of aryl methyl sites for hydroxylation is 1. The number of rotatable bonds is 2. The van der Waals surface area contributed by atoms with Gasteiger partial charge in [-0.1, -0.05) is 24.3 Å². The lowest BCUT2D eigenvalue weighted by Gasteiger charge is -2.24. The number of carbonyl (C=O) groups is 1. The lowest BCUT2D eigenvalue weighted by atomic mass is 10.1. The standard InChI is InChI=1S/C15H14ClNO2/c1-17(15(18)13-8-9-14(16)19-13)12-7-6-10-4-2-3-5-11(10)12/h2-5,8-9,12H,6-7H2,1H3. The maximum atomic E-state index is 12.3. The first kappa shape index (κ1) is 12.3. The summed E-state index contributed by atoms with van der Waals surface area (Å²) >= 11 is 5.71. The molecule has 0 radical (unpaired) electrons. The second-order valence-corrected chi connectivity index (χ2v) is 5.15. The van der Waals surface area contributed by atoms with Gasteiger partial charge in [-0.25, -0.2) is 0 Å². The lowest BCUT2D eigenvalue weighted by molar-refractivity contribution is 0.0698. The van der Waals surface area contributed by atoms with Crippen LogP contribution in [0.4, 0.5) is 0 Å². The van der Waals surface area contributed by atoms with Crippen LogP contribution in [0.5, 0.6) is 0 Å². The summed E-state index contributed by atoms with van der Waals surface area (Å²) in [5.74, 6) is 0.158. The molecular weight excluding hydrogens is 262 g/mol. The van der Waals surface area contributed by atoms with E-state index in [0.717, 1.165) is 12.8 Å². The van der Waals surface area contributed by atoms with E-state index in [4.69, 9.17) is 16.0 Å². The molecule has 0 saturated carbocycles. The Labute approximate surface area is 116 Å². The van der Waals surface area contributed by atoms with Gasteiger partial charge in [0.25, 0.3) is 5.91 Å². The zero-order valence-electron chi connectivity index (χ0n) is 10.6. The van der Waals surface area contributed by atoms with Crippen LogP contribution in [0.2, 0.25) is 5.22 Å². The van der Waals surface area contributed by atoms with Crippen molar-refractivity contribution in [1.82, 2.24) is 4.90 Å². The molecule has 1 aromatic heterocycles. The molecule has 0 aliphatic heterocycles. The third-order valence-electron chi connectivity index (χ3n) is 3.67. The van der Waals surface area contributed by atoms with Crippen molar-refractivity contribution >= 4 is 17.5 Å². The highest BCUT2D eigenvalue weighted by atomic mass is 35.5. The van der Waals surface area contributed by atoms with Gasteiger partial charge in [-0.2, -0.15) is 0 Å². The van der Waals surface area contributed by atoms with Crippen LogP contribution in [0.25, 0.3) is 0 Å². The van der Waals surface area contributed by atoms with Crippen LogP contribution in [0, 0.1) is 0 Å². The summed E-state index contributed by atoms with van der Waals surface area (Å²) in [7, 11) is 1.81. The molecule has 0 spiro atoms. The molecule has 0 N–H and O–H groups in total. The minimum atomic E-state index is -0.131. The summed E-state index contributed by atoms with van der Waals surface area (Å²) in [6.07, 6.45) is 1.97. The van der Waals surface area contributed by atoms with Gasteiger partial charge in [0.2, 0.25) is 0 Å². The SMILES string of the molecule is CN(C(=O)c1ccc(Cl)o1)C1CCc2ccccc21. The van der Waals surface area contributed by atoms with Crippen molar-refractivity contribution in [3.05, 3.63) is 58.5 Å². The largest absolute Gasteiger partial charge is 0.440 e. The highest BCUT2D eigenvalue weighted by Gasteiger charge is 2.29. The van der Waals surface area contributed by atoms with Gasteiger partial charge in [-0.15, -0.1) is 0 Å². The molecule has 4 heteroatoms. The van der Waals surface area contributed by atoms with Crippen LogP contribution in [-0.4, -0.2) is 17.9 Å². The van der Waals surface area contributed by atoms with E-state index in [1.54, 1.807) is 17.0 Å². The summed E-state index contributed by atoms with van der Waals surface area (Å²) in [6.45, 7) is 0. The van der Waals surface area contributed by atoms with E-state index >= 15 is 0 Å². The number of benzene rings is 1. The van der Waals surface area contributed by atoms with Crippen molar-refractivity contribution in [3.63, 3.8) is 0 Å². The Morgan fingerprint density at radius 2 is 2.11 bits per heavy atom. The molecule has 1 amide bonds. The summed E-state index contributed by atoms with van der Waals surface area (Å²) in [5.41, 5.74) is 2.56. The van der Waals surface area contributed by atoms with E-state index in [1.165, 1.54) is 11.1 Å². The average molecular weight is 276 g/mol. The third-order valence-corrected chi connectivity index (χ3v) is 3.88. The van der Waals surface area contributed by atoms with E-state index in [-0.39, 0.29) is 22.9 Å². The molecular formula is C15H14ClNO2. The molecule has 98 valence electrons. The summed E-state index contributed by atoms with van der Waals surface area (Å²) in [4.78, 5) is 14.1. The fraction of sp³-hybridized carbons (Fsp3) is 0.267. The highest BCUT2D eigenvalue weighted by Crippen LogP contribution is 2.35. The quantitative estimate of drug-likeness (QED) is 0.837. The average Bonchev–Trinajstić information content (AvgIpc) is 3.03. The molecule has 1 heterocycles. The number of hydrogen-bond donors (Lipinski definition) is 0. The predicted molar refractivity (Wildman–Crippen MR) is 73.3 cm³/mol. The summed E-state index contributed by atoms with van der Waals surface area (Å²) in [6, 6.07) is 11.6. The van der Waals surface area contributed by atoms with Gasteiger partial charge in [0.05, 0.1) is 6.04 Å². The first-order valence-electron chi connectivity index (χ1n) is 6.27.